The fraction of sp³-hybridized carbons (Fsp3) is 0.565. The molecule has 1 aliphatic carbocycles. The maximum atomic E-state index is 13.4. The normalized spacial score (nSPS) is 19.6. The Morgan fingerprint density at radius 1 is 1.39 bits per heavy atom. The molecule has 156 valence electrons. The van der Waals surface area contributed by atoms with Gasteiger partial charge in [0.05, 0.1) is 11.6 Å². The molecule has 1 aromatic rings. The van der Waals surface area contributed by atoms with Gasteiger partial charge in [0, 0.05) is 25.8 Å². The highest BCUT2D eigenvalue weighted by molar-refractivity contribution is 5.72. The maximum absolute atomic E-state index is 13.4. The molecule has 2 unspecified atom stereocenters. The second-order valence-corrected chi connectivity index (χ2v) is 7.26. The molecule has 0 spiro atoms. The summed E-state index contributed by atoms with van der Waals surface area (Å²) in [5, 5.41) is 11.2. The van der Waals surface area contributed by atoms with Gasteiger partial charge in [-0.15, -0.1) is 6.58 Å². The number of rotatable bonds is 3. The molecule has 0 aromatic heterocycles. The fourth-order valence-corrected chi connectivity index (χ4v) is 3.04. The highest BCUT2D eigenvalue weighted by Crippen LogP contribution is 2.42. The number of nitrogens with one attached hydrogen (secondary N) is 1. The zero-order valence-electron chi connectivity index (χ0n) is 17.8. The van der Waals surface area contributed by atoms with Crippen LogP contribution in [0.25, 0.3) is 0 Å². The van der Waals surface area contributed by atoms with Crippen molar-refractivity contribution >= 4 is 5.91 Å². The van der Waals surface area contributed by atoms with E-state index in [9.17, 15) is 13.6 Å². The van der Waals surface area contributed by atoms with Gasteiger partial charge in [0.25, 0.3) is 5.92 Å². The van der Waals surface area contributed by atoms with Crippen LogP contribution in [0.1, 0.15) is 63.1 Å². The van der Waals surface area contributed by atoms with E-state index in [1.807, 2.05) is 39.0 Å². The average Bonchev–Trinajstić information content (AvgIpc) is 2.64. The topological polar surface area (TPSA) is 52.9 Å². The lowest BCUT2D eigenvalue weighted by molar-refractivity contribution is -0.120. The molecule has 2 rings (SSSR count). The first kappa shape index (κ1) is 25.8. The monoisotopic (exact) mass is 392 g/mol. The summed E-state index contributed by atoms with van der Waals surface area (Å²) in [4.78, 5) is 10.7. The van der Waals surface area contributed by atoms with E-state index in [0.717, 1.165) is 5.56 Å². The summed E-state index contributed by atoms with van der Waals surface area (Å²) in [6, 6.07) is 7.79. The lowest BCUT2D eigenvalue weighted by atomic mass is 9.77. The second kappa shape index (κ2) is 13.0. The first-order valence-electron chi connectivity index (χ1n) is 9.77. The van der Waals surface area contributed by atoms with Crippen molar-refractivity contribution in [3.8, 4) is 6.07 Å². The molecule has 2 atom stereocenters. The molecule has 0 bridgehead atoms. The summed E-state index contributed by atoms with van der Waals surface area (Å²) in [7, 11) is 0. The fourth-order valence-electron chi connectivity index (χ4n) is 3.04. The van der Waals surface area contributed by atoms with E-state index in [1.54, 1.807) is 13.0 Å². The molecule has 1 saturated carbocycles. The quantitative estimate of drug-likeness (QED) is 0.646. The summed E-state index contributed by atoms with van der Waals surface area (Å²) in [6.45, 7) is 13.1. The number of alkyl halides is 2. The number of carbonyl (C=O) groups excluding carboxylic acids is 1. The molecule has 1 fully saturated rings. The third kappa shape index (κ3) is 9.64. The number of hydrogen-bond donors (Lipinski definition) is 1. The number of hydrogen-bond acceptors (Lipinski definition) is 2. The summed E-state index contributed by atoms with van der Waals surface area (Å²) in [5.41, 5.74) is 3.15. The number of nitriles is 1. The maximum Gasteiger partial charge on any atom is 0.250 e. The lowest BCUT2D eigenvalue weighted by Gasteiger charge is -2.35. The van der Waals surface area contributed by atoms with Crippen LogP contribution >= 0.6 is 0 Å². The lowest BCUT2D eigenvalue weighted by Crippen LogP contribution is -2.38. The van der Waals surface area contributed by atoms with Crippen LogP contribution in [-0.2, 0) is 4.79 Å². The predicted octanol–water partition coefficient (Wildman–Crippen LogP) is 5.95. The number of aryl methyl sites for hydroxylation is 2. The number of halogens is 2. The van der Waals surface area contributed by atoms with Crippen LogP contribution < -0.4 is 5.32 Å². The Hall–Kier alpha value is -2.22. The third-order valence-electron chi connectivity index (χ3n) is 4.87. The van der Waals surface area contributed by atoms with Crippen LogP contribution in [0.4, 0.5) is 8.78 Å². The van der Waals surface area contributed by atoms with Gasteiger partial charge >= 0.3 is 0 Å². The van der Waals surface area contributed by atoms with Crippen LogP contribution in [0, 0.1) is 37.0 Å². The second-order valence-electron chi connectivity index (χ2n) is 7.26. The van der Waals surface area contributed by atoms with Crippen LogP contribution in [0.2, 0.25) is 0 Å². The average molecular weight is 393 g/mol. The molecule has 1 amide bonds. The van der Waals surface area contributed by atoms with Crippen molar-refractivity contribution in [1.29, 1.82) is 5.26 Å². The molecule has 28 heavy (non-hydrogen) atoms. The molecule has 1 aromatic carbocycles. The largest absolute Gasteiger partial charge is 0.356 e. The minimum Gasteiger partial charge on any atom is -0.356 e. The van der Waals surface area contributed by atoms with Crippen LogP contribution in [0.15, 0.2) is 30.9 Å². The van der Waals surface area contributed by atoms with Crippen molar-refractivity contribution in [2.24, 2.45) is 11.8 Å². The van der Waals surface area contributed by atoms with Crippen molar-refractivity contribution in [3.63, 3.8) is 0 Å². The Bertz CT molecular complexity index is 665. The molecular formula is C23H34F2N2O. The number of nitrogens with zero attached hydrogens (tertiary/aromatic N) is 1. The highest BCUT2D eigenvalue weighted by atomic mass is 19.3. The number of benzene rings is 1. The van der Waals surface area contributed by atoms with Crippen molar-refractivity contribution in [2.75, 3.05) is 6.54 Å². The molecule has 0 aliphatic heterocycles. The molecule has 3 nitrogen and oxygen atoms in total. The van der Waals surface area contributed by atoms with E-state index < -0.39 is 11.8 Å². The molecule has 0 heterocycles. The molecule has 5 heteroatoms. The van der Waals surface area contributed by atoms with E-state index >= 15 is 0 Å². The van der Waals surface area contributed by atoms with Crippen LogP contribution in [0.5, 0.6) is 0 Å². The van der Waals surface area contributed by atoms with Crippen LogP contribution in [0.3, 0.4) is 0 Å². The van der Waals surface area contributed by atoms with Gasteiger partial charge in [0.15, 0.2) is 0 Å². The summed E-state index contributed by atoms with van der Waals surface area (Å²) in [5.74, 6) is -2.87. The van der Waals surface area contributed by atoms with Gasteiger partial charge in [0.2, 0.25) is 5.91 Å². The standard InChI is InChI=1S/C11H19F2NO.C9H9N.C3H6/c1-3-10-6-9(7-14-8(2)15)4-5-11(10,12)13;1-7-3-4-9(6-10)5-8(7)2;1-3-2/h9-10H,3-7H2,1-2H3,(H,14,15);3-5H,1-2H3;3H,1H2,2H3. The molecular weight excluding hydrogens is 358 g/mol. The molecule has 1 aliphatic rings. The smallest absolute Gasteiger partial charge is 0.250 e. The van der Waals surface area contributed by atoms with Gasteiger partial charge in [-0.2, -0.15) is 5.26 Å². The molecule has 0 saturated heterocycles. The Morgan fingerprint density at radius 2 is 2.00 bits per heavy atom. The first-order chi connectivity index (χ1) is 13.1. The Morgan fingerprint density at radius 3 is 2.46 bits per heavy atom. The van der Waals surface area contributed by atoms with Crippen molar-refractivity contribution < 1.29 is 13.6 Å². The van der Waals surface area contributed by atoms with Crippen molar-refractivity contribution in [1.82, 2.24) is 5.32 Å². The summed E-state index contributed by atoms with van der Waals surface area (Å²) in [6.07, 6.45) is 3.28. The van der Waals surface area contributed by atoms with Gasteiger partial charge in [0.1, 0.15) is 0 Å². The van der Waals surface area contributed by atoms with E-state index in [1.165, 1.54) is 18.1 Å². The predicted molar refractivity (Wildman–Crippen MR) is 111 cm³/mol. The number of amides is 1. The Kier molecular flexibility index (Phi) is 12.0. The zero-order valence-corrected chi connectivity index (χ0v) is 17.8. The van der Waals surface area contributed by atoms with Gasteiger partial charge in [-0.05, 0) is 69.2 Å². The highest BCUT2D eigenvalue weighted by Gasteiger charge is 2.43. The van der Waals surface area contributed by atoms with Gasteiger partial charge in [-0.1, -0.05) is 19.1 Å². The third-order valence-corrected chi connectivity index (χ3v) is 4.87. The Balaban J connectivity index is 0.000000483. The zero-order chi connectivity index (χ0) is 21.7. The van der Waals surface area contributed by atoms with E-state index in [0.29, 0.717) is 25.8 Å². The summed E-state index contributed by atoms with van der Waals surface area (Å²) < 4.78 is 26.7. The SMILES string of the molecule is C=CC.CCC1CC(CNC(C)=O)CCC1(F)F.Cc1ccc(C#N)cc1C. The minimum absolute atomic E-state index is 0.0320. The number of allylic oxidation sites excluding steroid dienone is 1. The Labute approximate surface area is 168 Å². The van der Waals surface area contributed by atoms with Crippen molar-refractivity contribution in [3.05, 3.63) is 47.5 Å². The van der Waals surface area contributed by atoms with Crippen molar-refractivity contribution in [2.45, 2.75) is 66.2 Å². The molecule has 0 radical (unpaired) electrons. The van der Waals surface area contributed by atoms with E-state index in [4.69, 9.17) is 5.26 Å². The van der Waals surface area contributed by atoms with Gasteiger partial charge in [-0.25, -0.2) is 8.78 Å². The van der Waals surface area contributed by atoms with Gasteiger partial charge in [-0.3, -0.25) is 4.79 Å². The van der Waals surface area contributed by atoms with E-state index in [-0.39, 0.29) is 18.2 Å². The summed E-state index contributed by atoms with van der Waals surface area (Å²) >= 11 is 0. The number of carbonyl (C=O) groups is 1. The van der Waals surface area contributed by atoms with Gasteiger partial charge < -0.3 is 5.32 Å². The first-order valence-corrected chi connectivity index (χ1v) is 9.77. The minimum atomic E-state index is -2.50. The van der Waals surface area contributed by atoms with E-state index in [2.05, 4.69) is 18.0 Å². The molecule has 1 N–H and O–H groups in total. The van der Waals surface area contributed by atoms with Crippen LogP contribution in [-0.4, -0.2) is 18.4 Å².